The van der Waals surface area contributed by atoms with E-state index in [-0.39, 0.29) is 0 Å². The second-order valence-corrected chi connectivity index (χ2v) is 9.79. The zero-order chi connectivity index (χ0) is 21.6. The van der Waals surface area contributed by atoms with E-state index in [9.17, 15) is 0 Å². The number of halogens is 2. The van der Waals surface area contributed by atoms with Crippen LogP contribution in [0.1, 0.15) is 68.9 Å². The molecule has 0 heterocycles. The first-order valence-corrected chi connectivity index (χ1v) is 13.3. The Hall–Kier alpha value is -1.00. The highest BCUT2D eigenvalue weighted by molar-refractivity contribution is 9.09. The number of hydrogen-bond acceptors (Lipinski definition) is 2. The van der Waals surface area contributed by atoms with Crippen molar-refractivity contribution in [2.45, 2.75) is 69.0 Å². The molecule has 166 valence electrons. The molecule has 0 spiro atoms. The first kappa shape index (κ1) is 25.3. The Morgan fingerprint density at radius 2 is 1.53 bits per heavy atom. The van der Waals surface area contributed by atoms with Crippen molar-refractivity contribution >= 4 is 31.9 Å². The molecule has 2 rings (SSSR count). The SMILES string of the molecule is CCCCOc1ccc(CCCC(Br)C(CCCCBr)c2ccc(OC)cc2)cc1. The van der Waals surface area contributed by atoms with Gasteiger partial charge in [0.1, 0.15) is 11.5 Å². The van der Waals surface area contributed by atoms with E-state index in [1.165, 1.54) is 49.7 Å². The number of unbranched alkanes of at least 4 members (excludes halogenated alkanes) is 2. The molecule has 2 aromatic rings. The van der Waals surface area contributed by atoms with Gasteiger partial charge in [0, 0.05) is 10.2 Å². The van der Waals surface area contributed by atoms with E-state index in [0.717, 1.165) is 36.3 Å². The van der Waals surface area contributed by atoms with Gasteiger partial charge in [-0.15, -0.1) is 0 Å². The van der Waals surface area contributed by atoms with Crippen LogP contribution in [0.2, 0.25) is 0 Å². The fourth-order valence-corrected chi connectivity index (χ4v) is 4.95. The zero-order valence-corrected chi connectivity index (χ0v) is 21.6. The minimum Gasteiger partial charge on any atom is -0.497 e. The lowest BCUT2D eigenvalue weighted by Crippen LogP contribution is -2.13. The van der Waals surface area contributed by atoms with Crippen LogP contribution in [0.4, 0.5) is 0 Å². The summed E-state index contributed by atoms with van der Waals surface area (Å²) in [6, 6.07) is 17.2. The van der Waals surface area contributed by atoms with Gasteiger partial charge in [-0.3, -0.25) is 0 Å². The number of alkyl halides is 2. The van der Waals surface area contributed by atoms with Gasteiger partial charge in [-0.25, -0.2) is 0 Å². The summed E-state index contributed by atoms with van der Waals surface area (Å²) < 4.78 is 11.1. The summed E-state index contributed by atoms with van der Waals surface area (Å²) in [7, 11) is 1.72. The van der Waals surface area contributed by atoms with E-state index in [4.69, 9.17) is 9.47 Å². The van der Waals surface area contributed by atoms with E-state index in [1.807, 2.05) is 0 Å². The Morgan fingerprint density at radius 1 is 0.833 bits per heavy atom. The van der Waals surface area contributed by atoms with Crippen molar-refractivity contribution in [3.8, 4) is 11.5 Å². The van der Waals surface area contributed by atoms with Crippen molar-refractivity contribution < 1.29 is 9.47 Å². The Labute approximate surface area is 200 Å². The molecule has 0 fully saturated rings. The highest BCUT2D eigenvalue weighted by Crippen LogP contribution is 2.34. The molecule has 0 aliphatic carbocycles. The van der Waals surface area contributed by atoms with Crippen LogP contribution in [-0.4, -0.2) is 23.9 Å². The highest BCUT2D eigenvalue weighted by Gasteiger charge is 2.20. The van der Waals surface area contributed by atoms with Crippen LogP contribution in [-0.2, 0) is 6.42 Å². The van der Waals surface area contributed by atoms with E-state index < -0.39 is 0 Å². The lowest BCUT2D eigenvalue weighted by atomic mass is 9.88. The van der Waals surface area contributed by atoms with Gasteiger partial charge in [0.15, 0.2) is 0 Å². The molecule has 0 bridgehead atoms. The number of methoxy groups -OCH3 is 1. The number of rotatable bonds is 15. The summed E-state index contributed by atoms with van der Waals surface area (Å²) in [6.07, 6.45) is 9.39. The van der Waals surface area contributed by atoms with Crippen molar-refractivity contribution in [2.75, 3.05) is 19.0 Å². The van der Waals surface area contributed by atoms with Crippen LogP contribution >= 0.6 is 31.9 Å². The monoisotopic (exact) mass is 538 g/mol. The number of hydrogen-bond donors (Lipinski definition) is 0. The highest BCUT2D eigenvalue weighted by atomic mass is 79.9. The average Bonchev–Trinajstić information content (AvgIpc) is 2.78. The Balaban J connectivity index is 1.87. The minimum atomic E-state index is 0.484. The zero-order valence-electron chi connectivity index (χ0n) is 18.4. The minimum absolute atomic E-state index is 0.484. The van der Waals surface area contributed by atoms with Crippen molar-refractivity contribution in [3.05, 3.63) is 59.7 Å². The van der Waals surface area contributed by atoms with Crippen molar-refractivity contribution in [1.82, 2.24) is 0 Å². The molecule has 2 nitrogen and oxygen atoms in total. The molecule has 0 radical (unpaired) electrons. The number of ether oxygens (including phenoxy) is 2. The number of aryl methyl sites for hydroxylation is 1. The first-order valence-electron chi connectivity index (χ1n) is 11.2. The van der Waals surface area contributed by atoms with E-state index >= 15 is 0 Å². The van der Waals surface area contributed by atoms with Gasteiger partial charge in [0.25, 0.3) is 0 Å². The molecule has 0 aromatic heterocycles. The normalized spacial score (nSPS) is 13.1. The molecule has 2 atom stereocenters. The summed E-state index contributed by atoms with van der Waals surface area (Å²) in [6.45, 7) is 2.99. The molecule has 0 saturated heterocycles. The van der Waals surface area contributed by atoms with Gasteiger partial charge >= 0.3 is 0 Å². The molecule has 0 aliphatic rings. The van der Waals surface area contributed by atoms with Gasteiger partial charge in [-0.1, -0.05) is 75.9 Å². The quantitative estimate of drug-likeness (QED) is 0.167. The van der Waals surface area contributed by atoms with Crippen LogP contribution in [0.25, 0.3) is 0 Å². The molecule has 0 amide bonds. The summed E-state index contributed by atoms with van der Waals surface area (Å²) in [5, 5.41) is 1.08. The van der Waals surface area contributed by atoms with Gasteiger partial charge < -0.3 is 9.47 Å². The maximum Gasteiger partial charge on any atom is 0.119 e. The van der Waals surface area contributed by atoms with E-state index in [1.54, 1.807) is 7.11 Å². The lowest BCUT2D eigenvalue weighted by Gasteiger charge is -2.23. The van der Waals surface area contributed by atoms with Gasteiger partial charge in [-0.05, 0) is 79.8 Å². The molecular formula is C26H36Br2O2. The fourth-order valence-electron chi connectivity index (χ4n) is 3.66. The number of benzene rings is 2. The predicted octanol–water partition coefficient (Wildman–Crippen LogP) is 8.31. The maximum atomic E-state index is 5.77. The molecule has 0 saturated carbocycles. The standard InChI is InChI=1S/C26H36Br2O2/c1-3-4-20-30-24-15-11-21(12-16-24)8-7-10-26(28)25(9-5-6-19-27)22-13-17-23(29-2)18-14-22/h11-18,25-26H,3-10,19-20H2,1-2H3. The van der Waals surface area contributed by atoms with Crippen molar-refractivity contribution in [3.63, 3.8) is 0 Å². The van der Waals surface area contributed by atoms with Crippen LogP contribution < -0.4 is 9.47 Å². The first-order chi connectivity index (χ1) is 14.7. The average molecular weight is 540 g/mol. The second-order valence-electron chi connectivity index (χ2n) is 7.82. The lowest BCUT2D eigenvalue weighted by molar-refractivity contribution is 0.309. The molecule has 2 unspecified atom stereocenters. The molecular weight excluding hydrogens is 504 g/mol. The smallest absolute Gasteiger partial charge is 0.119 e. The second kappa shape index (κ2) is 14.9. The van der Waals surface area contributed by atoms with Gasteiger partial charge in [-0.2, -0.15) is 0 Å². The third-order valence-corrected chi connectivity index (χ3v) is 7.17. The fraction of sp³-hybridized carbons (Fsp3) is 0.538. The van der Waals surface area contributed by atoms with Crippen LogP contribution in [0, 0.1) is 0 Å². The summed E-state index contributed by atoms with van der Waals surface area (Å²) in [4.78, 5) is 0.484. The Kier molecular flexibility index (Phi) is 12.6. The van der Waals surface area contributed by atoms with Gasteiger partial charge in [0.2, 0.25) is 0 Å². The van der Waals surface area contributed by atoms with E-state index in [0.29, 0.717) is 10.7 Å². The summed E-state index contributed by atoms with van der Waals surface area (Å²) >= 11 is 7.59. The Morgan fingerprint density at radius 3 is 2.17 bits per heavy atom. The van der Waals surface area contributed by atoms with Crippen LogP contribution in [0.5, 0.6) is 11.5 Å². The van der Waals surface area contributed by atoms with E-state index in [2.05, 4.69) is 87.3 Å². The summed E-state index contributed by atoms with van der Waals surface area (Å²) in [5.74, 6) is 2.44. The third kappa shape index (κ3) is 9.01. The van der Waals surface area contributed by atoms with Crippen LogP contribution in [0.15, 0.2) is 48.5 Å². The summed E-state index contributed by atoms with van der Waals surface area (Å²) in [5.41, 5.74) is 2.79. The largest absolute Gasteiger partial charge is 0.497 e. The molecule has 2 aromatic carbocycles. The predicted molar refractivity (Wildman–Crippen MR) is 136 cm³/mol. The Bertz CT molecular complexity index is 685. The molecule has 0 aliphatic heterocycles. The molecule has 0 N–H and O–H groups in total. The van der Waals surface area contributed by atoms with Crippen LogP contribution in [0.3, 0.4) is 0 Å². The van der Waals surface area contributed by atoms with Gasteiger partial charge in [0.05, 0.1) is 13.7 Å². The molecule has 30 heavy (non-hydrogen) atoms. The van der Waals surface area contributed by atoms with Crippen molar-refractivity contribution in [2.24, 2.45) is 0 Å². The molecule has 4 heteroatoms. The topological polar surface area (TPSA) is 18.5 Å². The van der Waals surface area contributed by atoms with Crippen molar-refractivity contribution in [1.29, 1.82) is 0 Å². The third-order valence-electron chi connectivity index (χ3n) is 5.51. The maximum absolute atomic E-state index is 5.77.